The second kappa shape index (κ2) is 6.99. The molecule has 1 atom stereocenters. The molecule has 1 amide bonds. The number of nitrogens with zero attached hydrogens (tertiary/aromatic N) is 4. The number of nitrogens with one attached hydrogen (secondary N) is 1. The van der Waals surface area contributed by atoms with Crippen molar-refractivity contribution in [2.45, 2.75) is 25.6 Å². The van der Waals surface area contributed by atoms with Gasteiger partial charge in [0.05, 0.1) is 18.4 Å². The van der Waals surface area contributed by atoms with Gasteiger partial charge in [0, 0.05) is 36.7 Å². The number of anilines is 2. The van der Waals surface area contributed by atoms with Crippen LogP contribution in [0.25, 0.3) is 0 Å². The zero-order valence-corrected chi connectivity index (χ0v) is 15.4. The minimum atomic E-state index is -0.361. The van der Waals surface area contributed by atoms with E-state index < -0.39 is 0 Å². The van der Waals surface area contributed by atoms with Crippen molar-refractivity contribution in [3.63, 3.8) is 0 Å². The molecule has 3 aromatic rings. The van der Waals surface area contributed by atoms with Gasteiger partial charge in [-0.2, -0.15) is 0 Å². The van der Waals surface area contributed by atoms with E-state index in [4.69, 9.17) is 4.42 Å². The first-order valence-corrected chi connectivity index (χ1v) is 9.55. The fourth-order valence-electron chi connectivity index (χ4n) is 3.84. The molecule has 0 aliphatic carbocycles. The lowest BCUT2D eigenvalue weighted by atomic mass is 10.0. The summed E-state index contributed by atoms with van der Waals surface area (Å²) in [5.74, 6) is 1.44. The number of amides is 1. The molecular weight excluding hydrogens is 354 g/mol. The van der Waals surface area contributed by atoms with Crippen LogP contribution in [0.15, 0.2) is 59.5 Å². The average Bonchev–Trinajstić information content (AvgIpc) is 3.44. The van der Waals surface area contributed by atoms with Gasteiger partial charge in [0.1, 0.15) is 11.9 Å². The van der Waals surface area contributed by atoms with E-state index in [0.29, 0.717) is 12.1 Å². The number of benzene rings is 1. The maximum Gasteiger partial charge on any atom is 0.258 e. The Balaban J connectivity index is 1.48. The second-order valence-electron chi connectivity index (χ2n) is 7.12. The topological polar surface area (TPSA) is 74.5 Å². The third kappa shape index (κ3) is 2.98. The summed E-state index contributed by atoms with van der Waals surface area (Å²) in [6.45, 7) is 2.36. The van der Waals surface area contributed by atoms with Gasteiger partial charge in [0.2, 0.25) is 5.95 Å². The van der Waals surface area contributed by atoms with E-state index in [9.17, 15) is 4.79 Å². The van der Waals surface area contributed by atoms with Crippen molar-refractivity contribution in [1.29, 1.82) is 0 Å². The van der Waals surface area contributed by atoms with E-state index in [1.165, 1.54) is 12.8 Å². The number of carbonyl (C=O) groups is 1. The van der Waals surface area contributed by atoms with E-state index in [0.717, 1.165) is 36.0 Å². The van der Waals surface area contributed by atoms with Crippen molar-refractivity contribution in [2.24, 2.45) is 0 Å². The lowest BCUT2D eigenvalue weighted by molar-refractivity contribution is 0.0651. The first-order chi connectivity index (χ1) is 13.8. The molecule has 1 N–H and O–H groups in total. The van der Waals surface area contributed by atoms with Crippen LogP contribution in [-0.2, 0) is 6.54 Å². The predicted octanol–water partition coefficient (Wildman–Crippen LogP) is 3.44. The molecule has 1 fully saturated rings. The van der Waals surface area contributed by atoms with Crippen LogP contribution in [0.2, 0.25) is 0 Å². The van der Waals surface area contributed by atoms with Crippen LogP contribution < -0.4 is 10.2 Å². The molecule has 1 aromatic carbocycles. The normalized spacial score (nSPS) is 18.9. The van der Waals surface area contributed by atoms with E-state index in [-0.39, 0.29) is 12.1 Å². The number of hydrogen-bond acceptors (Lipinski definition) is 6. The predicted molar refractivity (Wildman–Crippen MR) is 105 cm³/mol. The van der Waals surface area contributed by atoms with Gasteiger partial charge in [0.15, 0.2) is 0 Å². The Bertz CT molecular complexity index is 965. The Morgan fingerprint density at radius 1 is 1.07 bits per heavy atom. The van der Waals surface area contributed by atoms with Crippen LogP contribution in [0.1, 0.15) is 40.7 Å². The highest BCUT2D eigenvalue weighted by atomic mass is 16.3. The summed E-state index contributed by atoms with van der Waals surface area (Å²) < 4.78 is 5.48. The van der Waals surface area contributed by atoms with Crippen molar-refractivity contribution in [3.8, 4) is 0 Å². The minimum absolute atomic E-state index is 0.0423. The number of furan rings is 1. The summed E-state index contributed by atoms with van der Waals surface area (Å²) >= 11 is 0. The van der Waals surface area contributed by atoms with E-state index in [1.54, 1.807) is 11.2 Å². The molecule has 5 rings (SSSR count). The Kier molecular flexibility index (Phi) is 4.20. The Hall–Kier alpha value is -3.35. The van der Waals surface area contributed by atoms with Crippen LogP contribution in [0.4, 0.5) is 11.6 Å². The molecule has 0 bridgehead atoms. The van der Waals surface area contributed by atoms with Crippen molar-refractivity contribution in [2.75, 3.05) is 23.3 Å². The Morgan fingerprint density at radius 2 is 1.86 bits per heavy atom. The number of fused-ring (bicyclic) bond motifs is 1. The third-order valence-corrected chi connectivity index (χ3v) is 5.29. The molecule has 7 nitrogen and oxygen atoms in total. The first kappa shape index (κ1) is 16.8. The average molecular weight is 375 g/mol. The van der Waals surface area contributed by atoms with E-state index >= 15 is 0 Å². The lowest BCUT2D eigenvalue weighted by Gasteiger charge is -2.37. The van der Waals surface area contributed by atoms with Crippen LogP contribution in [0.5, 0.6) is 0 Å². The van der Waals surface area contributed by atoms with Gasteiger partial charge >= 0.3 is 0 Å². The van der Waals surface area contributed by atoms with Gasteiger partial charge in [0.25, 0.3) is 5.91 Å². The molecule has 142 valence electrons. The van der Waals surface area contributed by atoms with Crippen LogP contribution >= 0.6 is 0 Å². The summed E-state index contributed by atoms with van der Waals surface area (Å²) in [5.41, 5.74) is 2.31. The van der Waals surface area contributed by atoms with Gasteiger partial charge in [-0.1, -0.05) is 12.1 Å². The van der Waals surface area contributed by atoms with Crippen molar-refractivity contribution in [3.05, 3.63) is 71.9 Å². The molecule has 0 unspecified atom stereocenters. The monoisotopic (exact) mass is 375 g/mol. The second-order valence-corrected chi connectivity index (χ2v) is 7.12. The molecule has 0 saturated carbocycles. The zero-order valence-electron chi connectivity index (χ0n) is 15.4. The first-order valence-electron chi connectivity index (χ1n) is 9.55. The maximum absolute atomic E-state index is 13.2. The number of para-hydroxylation sites is 1. The highest BCUT2D eigenvalue weighted by molar-refractivity contribution is 6.01. The van der Waals surface area contributed by atoms with Crippen LogP contribution in [0, 0.1) is 0 Å². The standard InChI is InChI=1S/C21H21N5O2/c27-20-17-7-1-2-8-18(17)24-19(26(20)14-16-6-5-11-28-16)15-12-22-21(23-13-15)25-9-3-4-10-25/h1-2,5-8,11-13,19,24H,3-4,9-10,14H2/t19-/m1/s1. The fraction of sp³-hybridized carbons (Fsp3) is 0.286. The molecule has 2 aliphatic rings. The number of rotatable bonds is 4. The highest BCUT2D eigenvalue weighted by Gasteiger charge is 2.34. The SMILES string of the molecule is O=C1c2ccccc2N[C@@H](c2cnc(N3CCCC3)nc2)N1Cc1ccco1. The summed E-state index contributed by atoms with van der Waals surface area (Å²) in [6.07, 6.45) is 7.24. The summed E-state index contributed by atoms with van der Waals surface area (Å²) in [6, 6.07) is 11.3. The van der Waals surface area contributed by atoms with Crippen molar-refractivity contribution in [1.82, 2.24) is 14.9 Å². The smallest absolute Gasteiger partial charge is 0.258 e. The highest BCUT2D eigenvalue weighted by Crippen LogP contribution is 2.34. The van der Waals surface area contributed by atoms with Crippen molar-refractivity contribution >= 4 is 17.5 Å². The molecular formula is C21H21N5O2. The Morgan fingerprint density at radius 3 is 2.61 bits per heavy atom. The number of hydrogen-bond donors (Lipinski definition) is 1. The number of aromatic nitrogens is 2. The number of carbonyl (C=O) groups excluding carboxylic acids is 1. The molecule has 2 aromatic heterocycles. The van der Waals surface area contributed by atoms with Crippen LogP contribution in [-0.4, -0.2) is 33.9 Å². The van der Waals surface area contributed by atoms with Crippen molar-refractivity contribution < 1.29 is 9.21 Å². The zero-order chi connectivity index (χ0) is 18.9. The third-order valence-electron chi connectivity index (χ3n) is 5.29. The molecule has 4 heterocycles. The largest absolute Gasteiger partial charge is 0.467 e. The summed E-state index contributed by atoms with van der Waals surface area (Å²) in [4.78, 5) is 26.3. The Labute approximate surface area is 163 Å². The van der Waals surface area contributed by atoms with Gasteiger partial charge in [-0.3, -0.25) is 4.79 Å². The summed E-state index contributed by atoms with van der Waals surface area (Å²) in [5, 5.41) is 3.47. The maximum atomic E-state index is 13.2. The molecule has 28 heavy (non-hydrogen) atoms. The van der Waals surface area contributed by atoms with Gasteiger partial charge < -0.3 is 19.5 Å². The van der Waals surface area contributed by atoms with Gasteiger partial charge in [-0.15, -0.1) is 0 Å². The molecule has 7 heteroatoms. The van der Waals surface area contributed by atoms with Gasteiger partial charge in [-0.05, 0) is 37.1 Å². The quantitative estimate of drug-likeness (QED) is 0.753. The fourth-order valence-corrected chi connectivity index (χ4v) is 3.84. The van der Waals surface area contributed by atoms with Crippen LogP contribution in [0.3, 0.4) is 0 Å². The minimum Gasteiger partial charge on any atom is -0.467 e. The van der Waals surface area contributed by atoms with E-state index in [1.807, 2.05) is 48.8 Å². The molecule has 0 spiro atoms. The van der Waals surface area contributed by atoms with E-state index in [2.05, 4.69) is 20.2 Å². The molecule has 0 radical (unpaired) electrons. The lowest BCUT2D eigenvalue weighted by Crippen LogP contribution is -2.42. The molecule has 2 aliphatic heterocycles. The summed E-state index contributed by atoms with van der Waals surface area (Å²) in [7, 11) is 0. The molecule has 1 saturated heterocycles. The van der Waals surface area contributed by atoms with Gasteiger partial charge in [-0.25, -0.2) is 9.97 Å².